The van der Waals surface area contributed by atoms with E-state index in [1.165, 1.54) is 6.07 Å². The van der Waals surface area contributed by atoms with Gasteiger partial charge in [0.1, 0.15) is 0 Å². The summed E-state index contributed by atoms with van der Waals surface area (Å²) in [5, 5.41) is 2.12. The van der Waals surface area contributed by atoms with E-state index in [0.29, 0.717) is 26.2 Å². The van der Waals surface area contributed by atoms with Crippen molar-refractivity contribution in [3.8, 4) is 11.1 Å². The van der Waals surface area contributed by atoms with Crippen molar-refractivity contribution in [2.75, 3.05) is 0 Å². The molecule has 0 saturated carbocycles. The average Bonchev–Trinajstić information content (AvgIpc) is 2.31. The summed E-state index contributed by atoms with van der Waals surface area (Å²) in [7, 11) is 0. The highest BCUT2D eigenvalue weighted by atomic mass is 35.5. The number of rotatable bonds is 1. The minimum Gasteiger partial charge on any atom is -0.0843 e. The minimum absolute atomic E-state index is 0.230. The Kier molecular flexibility index (Phi) is 4.59. The predicted molar refractivity (Wildman–Crippen MR) is 81.9 cm³/mol. The second-order valence-corrected chi connectivity index (χ2v) is 5.88. The molecule has 0 amide bonds. The van der Waals surface area contributed by atoms with Crippen LogP contribution in [0.2, 0.25) is 30.1 Å². The Morgan fingerprint density at radius 3 is 1.94 bits per heavy atom. The van der Waals surface area contributed by atoms with Gasteiger partial charge in [-0.3, -0.25) is 0 Å². The number of hydrogen-bond donors (Lipinski definition) is 0. The third-order valence-electron chi connectivity index (χ3n) is 2.31. The van der Waals surface area contributed by atoms with Gasteiger partial charge in [0.15, 0.2) is 0 Å². The molecule has 18 heavy (non-hydrogen) atoms. The molecule has 94 valence electrons. The van der Waals surface area contributed by atoms with Crippen LogP contribution in [0.5, 0.6) is 0 Å². The number of benzene rings is 2. The Morgan fingerprint density at radius 2 is 1.28 bits per heavy atom. The Bertz CT molecular complexity index is 620. The Labute approximate surface area is 134 Å². The van der Waals surface area contributed by atoms with Gasteiger partial charge in [0.05, 0.1) is 20.1 Å². The van der Waals surface area contributed by atoms with Crippen LogP contribution < -0.4 is 0 Å². The van der Waals surface area contributed by atoms with Crippen molar-refractivity contribution in [2.45, 2.75) is 0 Å². The highest BCUT2D eigenvalue weighted by molar-refractivity contribution is 6.51. The van der Waals surface area contributed by atoms with E-state index in [-0.39, 0.29) is 15.1 Å². The molecule has 0 saturated heterocycles. The zero-order valence-electron chi connectivity index (χ0n) is 8.58. The van der Waals surface area contributed by atoms with E-state index >= 15 is 0 Å². The Morgan fingerprint density at radius 1 is 0.611 bits per heavy atom. The van der Waals surface area contributed by atoms with Gasteiger partial charge in [-0.2, -0.15) is 0 Å². The Balaban J connectivity index is 2.79. The van der Waals surface area contributed by atoms with Gasteiger partial charge in [0.2, 0.25) is 0 Å². The van der Waals surface area contributed by atoms with Crippen LogP contribution in [0.25, 0.3) is 11.1 Å². The first-order chi connectivity index (χ1) is 8.41. The van der Waals surface area contributed by atoms with E-state index < -0.39 is 0 Å². The van der Waals surface area contributed by atoms with Crippen LogP contribution in [0.1, 0.15) is 0 Å². The van der Waals surface area contributed by atoms with Crippen molar-refractivity contribution in [1.82, 2.24) is 0 Å². The maximum Gasteiger partial charge on any atom is 0.0785 e. The molecular formula is C12H4Cl6. The maximum atomic E-state index is 6.16. The van der Waals surface area contributed by atoms with Crippen molar-refractivity contribution in [3.05, 3.63) is 54.4 Å². The van der Waals surface area contributed by atoms with Crippen molar-refractivity contribution in [1.29, 1.82) is 0 Å². The average molecular weight is 361 g/mol. The van der Waals surface area contributed by atoms with Crippen LogP contribution in [0.15, 0.2) is 24.3 Å². The summed E-state index contributed by atoms with van der Waals surface area (Å²) >= 11 is 36.2. The molecule has 2 aromatic carbocycles. The summed E-state index contributed by atoms with van der Waals surface area (Å²) in [6.45, 7) is 0. The standard InChI is InChI=1S/C12H4Cl6/c13-5-1-2-7(14)6(3-5)10-8(15)4-9(16)11(17)12(10)18/h1-4H. The predicted octanol–water partition coefficient (Wildman–Crippen LogP) is 7.27. The summed E-state index contributed by atoms with van der Waals surface area (Å²) in [5.74, 6) is 0. The molecular weight excluding hydrogens is 357 g/mol. The molecule has 0 aliphatic carbocycles. The molecule has 0 aromatic heterocycles. The van der Waals surface area contributed by atoms with Crippen LogP contribution in [0.4, 0.5) is 0 Å². The molecule has 0 spiro atoms. The van der Waals surface area contributed by atoms with Gasteiger partial charge in [0.25, 0.3) is 0 Å². The molecule has 2 rings (SSSR count). The summed E-state index contributed by atoms with van der Waals surface area (Å²) in [6, 6.07) is 6.52. The van der Waals surface area contributed by atoms with Gasteiger partial charge >= 0.3 is 0 Å². The summed E-state index contributed by atoms with van der Waals surface area (Å²) in [6.07, 6.45) is 0. The fraction of sp³-hybridized carbons (Fsp3) is 0. The van der Waals surface area contributed by atoms with Crippen LogP contribution >= 0.6 is 69.6 Å². The molecule has 0 N–H and O–H groups in total. The van der Waals surface area contributed by atoms with E-state index in [9.17, 15) is 0 Å². The van der Waals surface area contributed by atoms with E-state index in [0.717, 1.165) is 0 Å². The largest absolute Gasteiger partial charge is 0.0843 e. The summed E-state index contributed by atoms with van der Waals surface area (Å²) < 4.78 is 0. The molecule has 0 unspecified atom stereocenters. The second-order valence-electron chi connectivity index (χ2n) is 3.47. The molecule has 0 heterocycles. The van der Waals surface area contributed by atoms with Crippen LogP contribution in [0.3, 0.4) is 0 Å². The number of halogens is 6. The zero-order valence-corrected chi connectivity index (χ0v) is 13.1. The minimum atomic E-state index is 0.230. The van der Waals surface area contributed by atoms with Gasteiger partial charge < -0.3 is 0 Å². The van der Waals surface area contributed by atoms with Crippen molar-refractivity contribution in [3.63, 3.8) is 0 Å². The van der Waals surface area contributed by atoms with Gasteiger partial charge in [0, 0.05) is 21.2 Å². The summed E-state index contributed by atoms with van der Waals surface area (Å²) in [4.78, 5) is 0. The van der Waals surface area contributed by atoms with E-state index in [4.69, 9.17) is 69.6 Å². The van der Waals surface area contributed by atoms with Gasteiger partial charge in [-0.05, 0) is 24.3 Å². The Hall–Kier alpha value is 0.180. The fourth-order valence-corrected chi connectivity index (χ4v) is 3.00. The molecule has 6 heteroatoms. The maximum absolute atomic E-state index is 6.16. The molecule has 2 aromatic rings. The van der Waals surface area contributed by atoms with E-state index in [1.807, 2.05) is 0 Å². The lowest BCUT2D eigenvalue weighted by atomic mass is 10.1. The topological polar surface area (TPSA) is 0 Å². The molecule has 0 nitrogen and oxygen atoms in total. The molecule has 0 radical (unpaired) electrons. The lowest BCUT2D eigenvalue weighted by Crippen LogP contribution is -1.86. The van der Waals surface area contributed by atoms with Gasteiger partial charge in [-0.25, -0.2) is 0 Å². The lowest BCUT2D eigenvalue weighted by Gasteiger charge is -2.12. The summed E-state index contributed by atoms with van der Waals surface area (Å²) in [5.41, 5.74) is 1.12. The fourth-order valence-electron chi connectivity index (χ4n) is 1.50. The van der Waals surface area contributed by atoms with Crippen LogP contribution in [0, 0.1) is 0 Å². The molecule has 0 aliphatic heterocycles. The molecule has 0 fully saturated rings. The van der Waals surface area contributed by atoms with E-state index in [2.05, 4.69) is 0 Å². The van der Waals surface area contributed by atoms with Gasteiger partial charge in [-0.15, -0.1) is 0 Å². The van der Waals surface area contributed by atoms with Crippen molar-refractivity contribution >= 4 is 69.6 Å². The normalized spacial score (nSPS) is 10.8. The quantitative estimate of drug-likeness (QED) is 0.370. The van der Waals surface area contributed by atoms with Crippen molar-refractivity contribution in [2.24, 2.45) is 0 Å². The second kappa shape index (κ2) is 5.66. The lowest BCUT2D eigenvalue weighted by molar-refractivity contribution is 1.61. The third kappa shape index (κ3) is 2.70. The molecule has 0 atom stereocenters. The molecule has 0 aliphatic rings. The number of hydrogen-bond acceptors (Lipinski definition) is 0. The van der Waals surface area contributed by atoms with Gasteiger partial charge in [-0.1, -0.05) is 69.6 Å². The smallest absolute Gasteiger partial charge is 0.0785 e. The van der Waals surface area contributed by atoms with Crippen LogP contribution in [-0.2, 0) is 0 Å². The highest BCUT2D eigenvalue weighted by Gasteiger charge is 2.17. The SMILES string of the molecule is Clc1ccc(Cl)c(-c2c(Cl)cc(Cl)c(Cl)c2Cl)c1. The van der Waals surface area contributed by atoms with Crippen molar-refractivity contribution < 1.29 is 0 Å². The first-order valence-electron chi connectivity index (χ1n) is 4.70. The van der Waals surface area contributed by atoms with E-state index in [1.54, 1.807) is 18.2 Å². The first-order valence-corrected chi connectivity index (χ1v) is 6.97. The first kappa shape index (κ1) is 14.6. The monoisotopic (exact) mass is 358 g/mol. The van der Waals surface area contributed by atoms with Crippen LogP contribution in [-0.4, -0.2) is 0 Å². The molecule has 0 bridgehead atoms. The highest BCUT2D eigenvalue weighted by Crippen LogP contribution is 2.45. The third-order valence-corrected chi connectivity index (χ3v) is 4.44. The zero-order chi connectivity index (χ0) is 13.4.